The summed E-state index contributed by atoms with van der Waals surface area (Å²) in [4.78, 5) is 12.0. The molecule has 5 heteroatoms. The van der Waals surface area contributed by atoms with E-state index >= 15 is 0 Å². The molecule has 112 valence electrons. The molecule has 1 aliphatic heterocycles. The van der Waals surface area contributed by atoms with Gasteiger partial charge in [-0.25, -0.2) is 4.39 Å². The van der Waals surface area contributed by atoms with E-state index < -0.39 is 11.7 Å². The second kappa shape index (κ2) is 6.70. The first-order valence-corrected chi connectivity index (χ1v) is 6.85. The van der Waals surface area contributed by atoms with Crippen molar-refractivity contribution in [3.63, 3.8) is 0 Å². The van der Waals surface area contributed by atoms with Gasteiger partial charge in [0, 0.05) is 18.7 Å². The summed E-state index contributed by atoms with van der Waals surface area (Å²) in [6, 6.07) is 4.13. The van der Waals surface area contributed by atoms with Crippen LogP contribution < -0.4 is 5.32 Å². The Morgan fingerprint density at radius 2 is 2.38 bits per heavy atom. The van der Waals surface area contributed by atoms with Crippen LogP contribution in [-0.4, -0.2) is 36.4 Å². The highest BCUT2D eigenvalue weighted by atomic mass is 19.1. The Kier molecular flexibility index (Phi) is 4.94. The van der Waals surface area contributed by atoms with E-state index in [-0.39, 0.29) is 17.8 Å². The molecule has 4 nitrogen and oxygen atoms in total. The number of carbonyl (C=O) groups is 1. The number of hydrogen-bond acceptors (Lipinski definition) is 3. The van der Waals surface area contributed by atoms with E-state index in [2.05, 4.69) is 17.2 Å². The molecular weight excluding hydrogens is 273 g/mol. The fourth-order valence-corrected chi connectivity index (χ4v) is 2.26. The smallest absolute Gasteiger partial charge is 0.254 e. The number of amides is 1. The normalized spacial score (nSPS) is 20.7. The predicted octanol–water partition coefficient (Wildman–Crippen LogP) is 1.47. The lowest BCUT2D eigenvalue weighted by molar-refractivity contribution is 0.0205. The molecule has 0 aliphatic carbocycles. The van der Waals surface area contributed by atoms with Gasteiger partial charge in [-0.1, -0.05) is 11.8 Å². The second-order valence-electron chi connectivity index (χ2n) is 5.24. The molecule has 1 saturated heterocycles. The van der Waals surface area contributed by atoms with Crippen LogP contribution in [0.1, 0.15) is 35.7 Å². The van der Waals surface area contributed by atoms with Crippen molar-refractivity contribution in [2.45, 2.75) is 25.4 Å². The van der Waals surface area contributed by atoms with Crippen molar-refractivity contribution >= 4 is 5.91 Å². The molecule has 1 aromatic rings. The molecule has 2 rings (SSSR count). The average molecular weight is 291 g/mol. The minimum atomic E-state index is -0.630. The molecule has 1 unspecified atom stereocenters. The van der Waals surface area contributed by atoms with Gasteiger partial charge >= 0.3 is 0 Å². The minimum Gasteiger partial charge on any atom is -0.384 e. The number of carbonyl (C=O) groups excluding carboxylic acids is 1. The van der Waals surface area contributed by atoms with Crippen LogP contribution in [0, 0.1) is 17.7 Å². The zero-order valence-corrected chi connectivity index (χ0v) is 11.9. The molecule has 1 atom stereocenters. The molecule has 2 N–H and O–H groups in total. The molecule has 0 radical (unpaired) electrons. The van der Waals surface area contributed by atoms with Gasteiger partial charge in [0.25, 0.3) is 5.91 Å². The third-order valence-electron chi connectivity index (χ3n) is 3.45. The zero-order valence-electron chi connectivity index (χ0n) is 11.9. The quantitative estimate of drug-likeness (QED) is 0.829. The van der Waals surface area contributed by atoms with E-state index in [9.17, 15) is 9.18 Å². The van der Waals surface area contributed by atoms with Gasteiger partial charge in [0.05, 0.1) is 11.2 Å². The molecule has 1 aliphatic rings. The maximum absolute atomic E-state index is 13.9. The molecule has 1 heterocycles. The van der Waals surface area contributed by atoms with E-state index in [4.69, 9.17) is 9.84 Å². The summed E-state index contributed by atoms with van der Waals surface area (Å²) >= 11 is 0. The Labute approximate surface area is 123 Å². The summed E-state index contributed by atoms with van der Waals surface area (Å²) in [5.74, 6) is 3.93. The van der Waals surface area contributed by atoms with Crippen LogP contribution in [0.15, 0.2) is 18.2 Å². The van der Waals surface area contributed by atoms with Gasteiger partial charge in [0.1, 0.15) is 12.4 Å². The van der Waals surface area contributed by atoms with Gasteiger partial charge < -0.3 is 15.2 Å². The van der Waals surface area contributed by atoms with E-state index in [1.165, 1.54) is 12.1 Å². The van der Waals surface area contributed by atoms with Crippen LogP contribution >= 0.6 is 0 Å². The first kappa shape index (κ1) is 15.5. The molecule has 1 fully saturated rings. The second-order valence-corrected chi connectivity index (χ2v) is 5.24. The van der Waals surface area contributed by atoms with Crippen LogP contribution in [0.3, 0.4) is 0 Å². The van der Waals surface area contributed by atoms with Crippen molar-refractivity contribution in [1.82, 2.24) is 5.32 Å². The number of nitrogens with one attached hydrogen (secondary N) is 1. The summed E-state index contributed by atoms with van der Waals surface area (Å²) in [6.45, 7) is 2.70. The molecular formula is C16H18FNO3. The van der Waals surface area contributed by atoms with E-state index in [0.717, 1.165) is 12.8 Å². The van der Waals surface area contributed by atoms with Crippen LogP contribution in [0.4, 0.5) is 4.39 Å². The number of rotatable bonds is 3. The van der Waals surface area contributed by atoms with Crippen molar-refractivity contribution in [3.05, 3.63) is 35.1 Å². The summed E-state index contributed by atoms with van der Waals surface area (Å²) in [5.41, 5.74) is 0.0360. The monoisotopic (exact) mass is 291 g/mol. The number of hydrogen-bond donors (Lipinski definition) is 2. The maximum Gasteiger partial charge on any atom is 0.254 e. The number of aliphatic hydroxyl groups is 1. The number of aliphatic hydroxyl groups excluding tert-OH is 1. The van der Waals surface area contributed by atoms with Crippen molar-refractivity contribution in [2.24, 2.45) is 0 Å². The summed E-state index contributed by atoms with van der Waals surface area (Å²) < 4.78 is 19.5. The number of ether oxygens (including phenoxy) is 1. The topological polar surface area (TPSA) is 58.6 Å². The highest BCUT2D eigenvalue weighted by molar-refractivity contribution is 5.94. The Balaban J connectivity index is 2.02. The summed E-state index contributed by atoms with van der Waals surface area (Å²) in [6.07, 6.45) is 1.85. The van der Waals surface area contributed by atoms with Crippen molar-refractivity contribution in [2.75, 3.05) is 19.8 Å². The SMILES string of the molecule is CC1(CNC(=O)c2ccc(C#CCO)cc2F)CCCO1. The average Bonchev–Trinajstić information content (AvgIpc) is 2.90. The van der Waals surface area contributed by atoms with E-state index in [1.807, 2.05) is 6.92 Å². The summed E-state index contributed by atoms with van der Waals surface area (Å²) in [5, 5.41) is 11.3. The third-order valence-corrected chi connectivity index (χ3v) is 3.45. The third kappa shape index (κ3) is 4.03. The largest absolute Gasteiger partial charge is 0.384 e. The Morgan fingerprint density at radius 3 is 3.00 bits per heavy atom. The lowest BCUT2D eigenvalue weighted by Crippen LogP contribution is -2.40. The van der Waals surface area contributed by atoms with Crippen molar-refractivity contribution < 1.29 is 19.0 Å². The highest BCUT2D eigenvalue weighted by Crippen LogP contribution is 2.24. The molecule has 21 heavy (non-hydrogen) atoms. The lowest BCUT2D eigenvalue weighted by atomic mass is 10.0. The first-order valence-electron chi connectivity index (χ1n) is 6.85. The van der Waals surface area contributed by atoms with Crippen LogP contribution in [0.25, 0.3) is 0 Å². The van der Waals surface area contributed by atoms with Gasteiger partial charge in [-0.15, -0.1) is 0 Å². The Bertz CT molecular complexity index is 583. The fourth-order valence-electron chi connectivity index (χ4n) is 2.26. The predicted molar refractivity (Wildman–Crippen MR) is 76.3 cm³/mol. The number of halogens is 1. The highest BCUT2D eigenvalue weighted by Gasteiger charge is 2.30. The molecule has 0 spiro atoms. The first-order chi connectivity index (χ1) is 10.0. The Morgan fingerprint density at radius 1 is 1.57 bits per heavy atom. The molecule has 0 aromatic heterocycles. The van der Waals surface area contributed by atoms with Gasteiger partial charge in [-0.05, 0) is 38.0 Å². The van der Waals surface area contributed by atoms with Crippen LogP contribution in [0.2, 0.25) is 0 Å². The van der Waals surface area contributed by atoms with Crippen LogP contribution in [0.5, 0.6) is 0 Å². The maximum atomic E-state index is 13.9. The Hall–Kier alpha value is -1.90. The van der Waals surface area contributed by atoms with Crippen molar-refractivity contribution in [1.29, 1.82) is 0 Å². The van der Waals surface area contributed by atoms with Crippen molar-refractivity contribution in [3.8, 4) is 11.8 Å². The zero-order chi connectivity index (χ0) is 15.3. The fraction of sp³-hybridized carbons (Fsp3) is 0.438. The summed E-state index contributed by atoms with van der Waals surface area (Å²) in [7, 11) is 0. The molecule has 1 amide bonds. The minimum absolute atomic E-state index is 0.0221. The molecule has 1 aromatic carbocycles. The van der Waals surface area contributed by atoms with E-state index in [1.54, 1.807) is 6.07 Å². The van der Waals surface area contributed by atoms with Gasteiger partial charge in [-0.3, -0.25) is 4.79 Å². The number of benzene rings is 1. The van der Waals surface area contributed by atoms with Gasteiger partial charge in [0.15, 0.2) is 0 Å². The standard InChI is InChI=1S/C16H18FNO3/c1-16(7-3-9-21-16)11-18-15(20)13-6-5-12(4-2-8-19)10-14(13)17/h5-6,10,19H,3,7-9,11H2,1H3,(H,18,20). The lowest BCUT2D eigenvalue weighted by Gasteiger charge is -2.23. The molecule has 0 saturated carbocycles. The van der Waals surface area contributed by atoms with Gasteiger partial charge in [0.2, 0.25) is 0 Å². The van der Waals surface area contributed by atoms with E-state index in [0.29, 0.717) is 18.7 Å². The van der Waals surface area contributed by atoms with Crippen LogP contribution in [-0.2, 0) is 4.74 Å². The van der Waals surface area contributed by atoms with Gasteiger partial charge in [-0.2, -0.15) is 0 Å². The molecule has 0 bridgehead atoms.